The molecule has 0 bridgehead atoms. The SMILES string of the molecule is COC[C@H](C)N[C@H]1CC[C@H](Nc2cc(-c3cc(NCC4(F)CCOCC4)ccc3F)c(Cl)cn2)CC1. The first-order chi connectivity index (χ1) is 17.3. The second kappa shape index (κ2) is 12.5. The molecule has 1 saturated carbocycles. The largest absolute Gasteiger partial charge is 0.383 e. The Hall–Kier alpha value is -2.00. The fraction of sp³-hybridized carbons (Fsp3) is 0.593. The van der Waals surface area contributed by atoms with Gasteiger partial charge in [-0.15, -0.1) is 0 Å². The van der Waals surface area contributed by atoms with E-state index in [1.807, 2.05) is 0 Å². The Balaban J connectivity index is 1.40. The monoisotopic (exact) mass is 522 g/mol. The highest BCUT2D eigenvalue weighted by Crippen LogP contribution is 2.34. The molecule has 36 heavy (non-hydrogen) atoms. The topological polar surface area (TPSA) is 67.4 Å². The molecule has 0 amide bonds. The summed E-state index contributed by atoms with van der Waals surface area (Å²) in [5.41, 5.74) is 0.232. The molecule has 9 heteroatoms. The summed E-state index contributed by atoms with van der Waals surface area (Å²) in [6.45, 7) is 3.82. The van der Waals surface area contributed by atoms with Gasteiger partial charge in [0.2, 0.25) is 0 Å². The van der Waals surface area contributed by atoms with E-state index in [2.05, 4.69) is 27.9 Å². The van der Waals surface area contributed by atoms with Crippen LogP contribution in [0.5, 0.6) is 0 Å². The molecule has 2 aromatic rings. The number of nitrogens with one attached hydrogen (secondary N) is 3. The molecule has 1 aliphatic carbocycles. The summed E-state index contributed by atoms with van der Waals surface area (Å²) in [6.07, 6.45) is 6.42. The van der Waals surface area contributed by atoms with Crippen molar-refractivity contribution in [3.05, 3.63) is 41.3 Å². The normalized spacial score (nSPS) is 22.7. The Morgan fingerprint density at radius 3 is 2.58 bits per heavy atom. The van der Waals surface area contributed by atoms with Crippen molar-refractivity contribution in [1.82, 2.24) is 10.3 Å². The highest BCUT2D eigenvalue weighted by molar-refractivity contribution is 6.33. The van der Waals surface area contributed by atoms with Crippen LogP contribution < -0.4 is 16.0 Å². The highest BCUT2D eigenvalue weighted by atomic mass is 35.5. The minimum absolute atomic E-state index is 0.153. The van der Waals surface area contributed by atoms with Gasteiger partial charge in [0, 0.05) is 80.8 Å². The lowest BCUT2D eigenvalue weighted by molar-refractivity contribution is -0.00115. The fourth-order valence-electron chi connectivity index (χ4n) is 5.05. The molecule has 2 fully saturated rings. The van der Waals surface area contributed by atoms with E-state index in [9.17, 15) is 8.78 Å². The summed E-state index contributed by atoms with van der Waals surface area (Å²) in [5.74, 6) is 0.277. The lowest BCUT2D eigenvalue weighted by atomic mass is 9.90. The number of benzene rings is 1. The van der Waals surface area contributed by atoms with Crippen LogP contribution in [-0.2, 0) is 9.47 Å². The van der Waals surface area contributed by atoms with Gasteiger partial charge in [0.15, 0.2) is 0 Å². The van der Waals surface area contributed by atoms with Crippen LogP contribution in [0.2, 0.25) is 5.02 Å². The summed E-state index contributed by atoms with van der Waals surface area (Å²) in [5, 5.41) is 10.6. The van der Waals surface area contributed by atoms with Crippen LogP contribution in [0, 0.1) is 5.82 Å². The average Bonchev–Trinajstić information content (AvgIpc) is 2.87. The number of pyridine rings is 1. The van der Waals surface area contributed by atoms with E-state index in [0.29, 0.717) is 78.4 Å². The number of aromatic nitrogens is 1. The van der Waals surface area contributed by atoms with Gasteiger partial charge in [-0.1, -0.05) is 11.6 Å². The van der Waals surface area contributed by atoms with Crippen LogP contribution in [0.15, 0.2) is 30.5 Å². The van der Waals surface area contributed by atoms with Gasteiger partial charge < -0.3 is 25.4 Å². The third-order valence-electron chi connectivity index (χ3n) is 7.13. The Bertz CT molecular complexity index is 998. The molecular formula is C27H37ClF2N4O2. The van der Waals surface area contributed by atoms with Crippen molar-refractivity contribution in [1.29, 1.82) is 0 Å². The van der Waals surface area contributed by atoms with E-state index in [0.717, 1.165) is 25.7 Å². The standard InChI is InChI=1S/C27H37ClF2N4O2/c1-18(16-35-2)33-19-3-5-20(6-4-19)34-26-14-22(24(28)15-31-26)23-13-21(7-8-25(23)29)32-17-27(30)9-11-36-12-10-27/h7-8,13-15,18-20,32-33H,3-6,9-12,16-17H2,1-2H3,(H,31,34)/t18-,19-,20-/m0/s1. The molecule has 1 aliphatic heterocycles. The molecule has 0 spiro atoms. The number of rotatable bonds is 10. The molecule has 1 aromatic carbocycles. The number of hydrogen-bond donors (Lipinski definition) is 3. The maximum absolute atomic E-state index is 15.0. The van der Waals surface area contributed by atoms with Crippen LogP contribution >= 0.6 is 11.6 Å². The van der Waals surface area contributed by atoms with Gasteiger partial charge in [0.1, 0.15) is 17.3 Å². The van der Waals surface area contributed by atoms with E-state index in [4.69, 9.17) is 21.1 Å². The number of hydrogen-bond acceptors (Lipinski definition) is 6. The molecule has 198 valence electrons. The van der Waals surface area contributed by atoms with Gasteiger partial charge in [-0.2, -0.15) is 0 Å². The first-order valence-corrected chi connectivity index (χ1v) is 13.2. The molecule has 1 saturated heterocycles. The molecule has 2 aliphatic rings. The van der Waals surface area contributed by atoms with Crippen molar-refractivity contribution in [3.63, 3.8) is 0 Å². The van der Waals surface area contributed by atoms with Crippen molar-refractivity contribution in [3.8, 4) is 11.1 Å². The highest BCUT2D eigenvalue weighted by Gasteiger charge is 2.32. The predicted octanol–water partition coefficient (Wildman–Crippen LogP) is 5.82. The summed E-state index contributed by atoms with van der Waals surface area (Å²) in [6, 6.07) is 7.59. The molecular weight excluding hydrogens is 486 g/mol. The molecule has 6 nitrogen and oxygen atoms in total. The van der Waals surface area contributed by atoms with Crippen molar-refractivity contribution in [2.24, 2.45) is 0 Å². The van der Waals surface area contributed by atoms with Crippen LogP contribution in [0.3, 0.4) is 0 Å². The van der Waals surface area contributed by atoms with Gasteiger partial charge in [0.25, 0.3) is 0 Å². The predicted molar refractivity (Wildman–Crippen MR) is 141 cm³/mol. The number of halogens is 3. The van der Waals surface area contributed by atoms with Crippen LogP contribution in [-0.4, -0.2) is 62.3 Å². The molecule has 2 heterocycles. The second-order valence-corrected chi connectivity index (χ2v) is 10.5. The van der Waals surface area contributed by atoms with Gasteiger partial charge >= 0.3 is 0 Å². The van der Waals surface area contributed by atoms with Crippen LogP contribution in [0.1, 0.15) is 45.4 Å². The van der Waals surface area contributed by atoms with E-state index >= 15 is 0 Å². The van der Waals surface area contributed by atoms with Gasteiger partial charge in [-0.25, -0.2) is 13.8 Å². The zero-order chi connectivity index (χ0) is 25.5. The van der Waals surface area contributed by atoms with Crippen molar-refractivity contribution in [2.45, 2.75) is 69.2 Å². The van der Waals surface area contributed by atoms with E-state index in [-0.39, 0.29) is 6.54 Å². The molecule has 4 rings (SSSR count). The van der Waals surface area contributed by atoms with Gasteiger partial charge in [-0.3, -0.25) is 0 Å². The maximum atomic E-state index is 15.0. The third kappa shape index (κ3) is 7.28. The summed E-state index contributed by atoms with van der Waals surface area (Å²) < 4.78 is 40.3. The second-order valence-electron chi connectivity index (χ2n) is 10.1. The van der Waals surface area contributed by atoms with Crippen molar-refractivity contribution >= 4 is 23.1 Å². The summed E-state index contributed by atoms with van der Waals surface area (Å²) in [4.78, 5) is 4.43. The number of alkyl halides is 1. The van der Waals surface area contributed by atoms with Crippen LogP contribution in [0.25, 0.3) is 11.1 Å². The minimum atomic E-state index is -1.32. The lowest BCUT2D eigenvalue weighted by Crippen LogP contribution is -2.42. The third-order valence-corrected chi connectivity index (χ3v) is 7.43. The van der Waals surface area contributed by atoms with Gasteiger partial charge in [-0.05, 0) is 56.9 Å². The fourth-order valence-corrected chi connectivity index (χ4v) is 5.26. The molecule has 0 radical (unpaired) electrons. The Morgan fingerprint density at radius 1 is 1.14 bits per heavy atom. The Morgan fingerprint density at radius 2 is 1.86 bits per heavy atom. The molecule has 1 aromatic heterocycles. The average molecular weight is 523 g/mol. The molecule has 1 atom stereocenters. The van der Waals surface area contributed by atoms with E-state index in [1.54, 1.807) is 31.5 Å². The van der Waals surface area contributed by atoms with E-state index < -0.39 is 11.5 Å². The maximum Gasteiger partial charge on any atom is 0.132 e. The smallest absolute Gasteiger partial charge is 0.132 e. The zero-order valence-corrected chi connectivity index (χ0v) is 21.8. The summed E-state index contributed by atoms with van der Waals surface area (Å²) >= 11 is 6.44. The first-order valence-electron chi connectivity index (χ1n) is 12.8. The number of methoxy groups -OCH3 is 1. The zero-order valence-electron chi connectivity index (χ0n) is 21.1. The Labute approximate surface area is 217 Å². The van der Waals surface area contributed by atoms with Crippen molar-refractivity contribution < 1.29 is 18.3 Å². The number of ether oxygens (including phenoxy) is 2. The molecule has 3 N–H and O–H groups in total. The quantitative estimate of drug-likeness (QED) is 0.365. The van der Waals surface area contributed by atoms with Crippen LogP contribution in [0.4, 0.5) is 20.3 Å². The summed E-state index contributed by atoms with van der Waals surface area (Å²) in [7, 11) is 1.72. The molecule has 0 unspecified atom stereocenters. The first kappa shape index (κ1) is 27.0. The number of anilines is 2. The van der Waals surface area contributed by atoms with Gasteiger partial charge in [0.05, 0.1) is 11.6 Å². The minimum Gasteiger partial charge on any atom is -0.383 e. The number of nitrogens with zero attached hydrogens (tertiary/aromatic N) is 1. The Kier molecular flexibility index (Phi) is 9.39. The van der Waals surface area contributed by atoms with Crippen molar-refractivity contribution in [2.75, 3.05) is 44.1 Å². The van der Waals surface area contributed by atoms with E-state index in [1.165, 1.54) is 6.07 Å². The lowest BCUT2D eigenvalue weighted by Gasteiger charge is -2.32.